The van der Waals surface area contributed by atoms with E-state index in [0.29, 0.717) is 59.7 Å². The average Bonchev–Trinajstić information content (AvgIpc) is 3.54. The van der Waals surface area contributed by atoms with Gasteiger partial charge in [0.25, 0.3) is 0 Å². The maximum atomic E-state index is 14.6. The lowest BCUT2D eigenvalue weighted by molar-refractivity contribution is 0.122. The second kappa shape index (κ2) is 9.60. The van der Waals surface area contributed by atoms with Crippen molar-refractivity contribution >= 4 is 28.7 Å². The molecule has 1 aliphatic carbocycles. The Labute approximate surface area is 201 Å². The Morgan fingerprint density at radius 1 is 1.03 bits per heavy atom. The van der Waals surface area contributed by atoms with Crippen molar-refractivity contribution in [1.82, 2.24) is 29.7 Å². The number of aromatic nitrogens is 6. The van der Waals surface area contributed by atoms with Crippen LogP contribution in [-0.4, -0.2) is 56.0 Å². The number of benzene rings is 1. The molecule has 4 aromatic rings. The summed E-state index contributed by atoms with van der Waals surface area (Å²) in [6, 6.07) is 7.23. The third-order valence-corrected chi connectivity index (χ3v) is 6.09. The van der Waals surface area contributed by atoms with Crippen LogP contribution in [0, 0.1) is 19.7 Å². The van der Waals surface area contributed by atoms with E-state index in [9.17, 15) is 4.39 Å². The summed E-state index contributed by atoms with van der Waals surface area (Å²) in [5, 5.41) is 4.42. The number of morpholine rings is 1. The van der Waals surface area contributed by atoms with E-state index >= 15 is 0 Å². The molecule has 34 heavy (non-hydrogen) atoms. The number of fused-ring (bicyclic) bond motifs is 1. The standard InChI is InChI=1S/C18H17ClFN5O.C6H8N2/c1-10-11(2)22-17-16(21-10)15(13-4-3-12(19)9-14(13)20)23-18(24-17)25-5-7-26-8-6-25;1-4-7-8(5-1)6-2-3-6/h3-4,9H,5-8H2,1-2H3;1,4-6H,2-3H2. The van der Waals surface area contributed by atoms with Crippen molar-refractivity contribution in [3.05, 3.63) is 58.9 Å². The first-order valence-corrected chi connectivity index (χ1v) is 11.7. The van der Waals surface area contributed by atoms with E-state index in [4.69, 9.17) is 16.3 Å². The summed E-state index contributed by atoms with van der Waals surface area (Å²) in [5.74, 6) is 0.0492. The van der Waals surface area contributed by atoms with E-state index in [-0.39, 0.29) is 0 Å². The quantitative estimate of drug-likeness (QED) is 0.424. The zero-order valence-corrected chi connectivity index (χ0v) is 19.8. The fraction of sp³-hybridized carbons (Fsp3) is 0.375. The summed E-state index contributed by atoms with van der Waals surface area (Å²) in [4.78, 5) is 20.3. The summed E-state index contributed by atoms with van der Waals surface area (Å²) < 4.78 is 22.0. The molecular weight excluding hydrogens is 457 g/mol. The van der Waals surface area contributed by atoms with Gasteiger partial charge in [0.05, 0.1) is 30.6 Å². The summed E-state index contributed by atoms with van der Waals surface area (Å²) >= 11 is 5.90. The molecule has 0 N–H and O–H groups in total. The summed E-state index contributed by atoms with van der Waals surface area (Å²) in [6.07, 6.45) is 6.50. The van der Waals surface area contributed by atoms with Gasteiger partial charge in [-0.2, -0.15) is 10.1 Å². The molecule has 0 bridgehead atoms. The van der Waals surface area contributed by atoms with Crippen LogP contribution in [-0.2, 0) is 4.74 Å². The van der Waals surface area contributed by atoms with Crippen LogP contribution >= 0.6 is 11.6 Å². The molecule has 0 unspecified atom stereocenters. The minimum Gasteiger partial charge on any atom is -0.378 e. The van der Waals surface area contributed by atoms with E-state index in [1.165, 1.54) is 18.9 Å². The monoisotopic (exact) mass is 481 g/mol. The van der Waals surface area contributed by atoms with Crippen LogP contribution in [0.2, 0.25) is 5.02 Å². The van der Waals surface area contributed by atoms with Crippen molar-refractivity contribution in [2.24, 2.45) is 0 Å². The highest BCUT2D eigenvalue weighted by atomic mass is 35.5. The maximum absolute atomic E-state index is 14.6. The lowest BCUT2D eigenvalue weighted by atomic mass is 10.1. The molecule has 176 valence electrons. The molecule has 3 aromatic heterocycles. The summed E-state index contributed by atoms with van der Waals surface area (Å²) in [5.41, 5.74) is 3.22. The van der Waals surface area contributed by atoms with Gasteiger partial charge in [0.2, 0.25) is 5.95 Å². The van der Waals surface area contributed by atoms with E-state index in [1.54, 1.807) is 12.1 Å². The molecule has 2 fully saturated rings. The Bertz CT molecular complexity index is 1300. The number of anilines is 1. The van der Waals surface area contributed by atoms with Crippen molar-refractivity contribution in [1.29, 1.82) is 0 Å². The Kier molecular flexibility index (Phi) is 6.38. The number of ether oxygens (including phenoxy) is 1. The zero-order chi connectivity index (χ0) is 23.7. The van der Waals surface area contributed by atoms with Gasteiger partial charge in [-0.25, -0.2) is 19.3 Å². The molecule has 2 aliphatic rings. The fourth-order valence-electron chi connectivity index (χ4n) is 3.71. The highest BCUT2D eigenvalue weighted by Crippen LogP contribution is 2.33. The SMILES string of the molecule is Cc1nc2nc(N3CCOCC3)nc(-c3ccc(Cl)cc3F)c2nc1C.c1cnn(C2CC2)c1. The maximum Gasteiger partial charge on any atom is 0.228 e. The highest BCUT2D eigenvalue weighted by Gasteiger charge is 2.23. The lowest BCUT2D eigenvalue weighted by Crippen LogP contribution is -2.37. The Hall–Kier alpha value is -3.17. The molecular formula is C24H25ClFN7O. The Morgan fingerprint density at radius 2 is 1.79 bits per heavy atom. The molecule has 1 saturated carbocycles. The van der Waals surface area contributed by atoms with Gasteiger partial charge in [0.15, 0.2) is 5.65 Å². The Morgan fingerprint density at radius 3 is 2.47 bits per heavy atom. The normalized spacial score (nSPS) is 15.8. The molecule has 4 heterocycles. The molecule has 1 aromatic carbocycles. The van der Waals surface area contributed by atoms with Crippen molar-refractivity contribution in [3.63, 3.8) is 0 Å². The van der Waals surface area contributed by atoms with E-state index < -0.39 is 5.82 Å². The van der Waals surface area contributed by atoms with Crippen LogP contribution < -0.4 is 4.90 Å². The third kappa shape index (κ3) is 4.85. The van der Waals surface area contributed by atoms with Gasteiger partial charge in [-0.3, -0.25) is 4.68 Å². The number of aryl methyl sites for hydroxylation is 2. The van der Waals surface area contributed by atoms with Crippen molar-refractivity contribution in [2.75, 3.05) is 31.2 Å². The molecule has 0 atom stereocenters. The van der Waals surface area contributed by atoms with Gasteiger partial charge in [-0.1, -0.05) is 11.6 Å². The van der Waals surface area contributed by atoms with Gasteiger partial charge in [-0.05, 0) is 51.0 Å². The van der Waals surface area contributed by atoms with E-state index in [2.05, 4.69) is 25.0 Å². The molecule has 8 nitrogen and oxygen atoms in total. The minimum atomic E-state index is -0.453. The van der Waals surface area contributed by atoms with Gasteiger partial charge in [0.1, 0.15) is 17.0 Å². The third-order valence-electron chi connectivity index (χ3n) is 5.86. The molecule has 0 spiro atoms. The predicted octanol–water partition coefficient (Wildman–Crippen LogP) is 4.55. The first-order chi connectivity index (χ1) is 16.5. The van der Waals surface area contributed by atoms with Crippen LogP contribution in [0.15, 0.2) is 36.7 Å². The molecule has 0 radical (unpaired) electrons. The molecule has 6 rings (SSSR count). The van der Waals surface area contributed by atoms with Gasteiger partial charge in [-0.15, -0.1) is 0 Å². The zero-order valence-electron chi connectivity index (χ0n) is 19.1. The van der Waals surface area contributed by atoms with E-state index in [0.717, 1.165) is 17.4 Å². The molecule has 10 heteroatoms. The largest absolute Gasteiger partial charge is 0.378 e. The first-order valence-electron chi connectivity index (χ1n) is 11.3. The predicted molar refractivity (Wildman–Crippen MR) is 129 cm³/mol. The minimum absolute atomic E-state index is 0.328. The van der Waals surface area contributed by atoms with Gasteiger partial charge in [0, 0.05) is 36.1 Å². The first kappa shape index (κ1) is 22.6. The molecule has 1 aliphatic heterocycles. The number of nitrogens with zero attached hydrogens (tertiary/aromatic N) is 7. The van der Waals surface area contributed by atoms with Crippen LogP contribution in [0.3, 0.4) is 0 Å². The second-order valence-corrected chi connectivity index (χ2v) is 8.82. The van der Waals surface area contributed by atoms with Crippen LogP contribution in [0.25, 0.3) is 22.4 Å². The van der Waals surface area contributed by atoms with Crippen molar-refractivity contribution < 1.29 is 9.13 Å². The van der Waals surface area contributed by atoms with Gasteiger partial charge >= 0.3 is 0 Å². The Balaban J connectivity index is 0.000000252. The van der Waals surface area contributed by atoms with Crippen molar-refractivity contribution in [3.8, 4) is 11.3 Å². The summed E-state index contributed by atoms with van der Waals surface area (Å²) in [7, 11) is 0. The number of hydrogen-bond acceptors (Lipinski definition) is 7. The average molecular weight is 482 g/mol. The topological polar surface area (TPSA) is 81.8 Å². The van der Waals surface area contributed by atoms with Crippen LogP contribution in [0.4, 0.5) is 10.3 Å². The number of halogens is 2. The van der Waals surface area contributed by atoms with Crippen LogP contribution in [0.1, 0.15) is 30.3 Å². The number of hydrogen-bond donors (Lipinski definition) is 0. The molecule has 1 saturated heterocycles. The van der Waals surface area contributed by atoms with Crippen molar-refractivity contribution in [2.45, 2.75) is 32.7 Å². The summed E-state index contributed by atoms with van der Waals surface area (Å²) in [6.45, 7) is 6.29. The number of rotatable bonds is 3. The smallest absolute Gasteiger partial charge is 0.228 e. The highest BCUT2D eigenvalue weighted by molar-refractivity contribution is 6.30. The second-order valence-electron chi connectivity index (χ2n) is 8.38. The fourth-order valence-corrected chi connectivity index (χ4v) is 3.87. The van der Waals surface area contributed by atoms with Crippen LogP contribution in [0.5, 0.6) is 0 Å². The van der Waals surface area contributed by atoms with Gasteiger partial charge < -0.3 is 9.64 Å². The van der Waals surface area contributed by atoms with E-state index in [1.807, 2.05) is 41.9 Å². The molecule has 0 amide bonds. The lowest BCUT2D eigenvalue weighted by Gasteiger charge is -2.27.